The van der Waals surface area contributed by atoms with Gasteiger partial charge in [-0.05, 0) is 104 Å². The van der Waals surface area contributed by atoms with Gasteiger partial charge in [-0.1, -0.05) is 12.1 Å². The third-order valence-corrected chi connectivity index (χ3v) is 6.76. The summed E-state index contributed by atoms with van der Waals surface area (Å²) in [6.07, 6.45) is 7.08. The van der Waals surface area contributed by atoms with Crippen molar-refractivity contribution in [2.24, 2.45) is 11.8 Å². The van der Waals surface area contributed by atoms with Crippen molar-refractivity contribution in [3.8, 4) is 17.6 Å². The minimum absolute atomic E-state index is 0.130. The van der Waals surface area contributed by atoms with Crippen molar-refractivity contribution in [3.63, 3.8) is 0 Å². The van der Waals surface area contributed by atoms with Crippen LogP contribution < -0.4 is 9.47 Å². The molecule has 0 bridgehead atoms. The van der Waals surface area contributed by atoms with Gasteiger partial charge in [0.1, 0.15) is 17.3 Å². The molecule has 0 amide bonds. The second-order valence-electron chi connectivity index (χ2n) is 8.79. The molecule has 0 heterocycles. The van der Waals surface area contributed by atoms with Gasteiger partial charge in [0.2, 0.25) is 0 Å². The van der Waals surface area contributed by atoms with Gasteiger partial charge in [-0.2, -0.15) is 5.26 Å². The van der Waals surface area contributed by atoms with Crippen molar-refractivity contribution in [2.75, 3.05) is 13.7 Å². The van der Waals surface area contributed by atoms with E-state index in [-0.39, 0.29) is 11.7 Å². The topological polar surface area (TPSA) is 42.2 Å². The zero-order chi connectivity index (χ0) is 20.9. The highest BCUT2D eigenvalue weighted by Crippen LogP contribution is 2.45. The quantitative estimate of drug-likeness (QED) is 0.495. The van der Waals surface area contributed by atoms with Gasteiger partial charge < -0.3 is 9.47 Å². The summed E-state index contributed by atoms with van der Waals surface area (Å²) in [4.78, 5) is 0. The van der Waals surface area contributed by atoms with E-state index in [1.807, 2.05) is 18.2 Å². The molecule has 2 aliphatic carbocycles. The molecule has 0 aromatic heterocycles. The predicted octanol–water partition coefficient (Wildman–Crippen LogP) is 6.59. The standard InChI is InChI=1S/C26H30FNO2/c1-29-22-11-12-26(27)25(16-22)20-7-5-18(6-8-20)17-30-23-4-2-3-21(15-23)24(13-14-28)19-9-10-19/h2-4,11-12,15-16,18-20,24H,5-10,13,17H2,1H3/t18-,20+,24-/m0/s1. The van der Waals surface area contributed by atoms with Crippen LogP contribution in [0.4, 0.5) is 4.39 Å². The molecular weight excluding hydrogens is 377 g/mol. The predicted molar refractivity (Wildman–Crippen MR) is 115 cm³/mol. The Hall–Kier alpha value is -2.54. The lowest BCUT2D eigenvalue weighted by Gasteiger charge is -2.29. The Morgan fingerprint density at radius 2 is 1.83 bits per heavy atom. The zero-order valence-electron chi connectivity index (χ0n) is 17.6. The van der Waals surface area contributed by atoms with Crippen molar-refractivity contribution in [3.05, 3.63) is 59.4 Å². The van der Waals surface area contributed by atoms with Crippen LogP contribution in [0, 0.1) is 29.0 Å². The van der Waals surface area contributed by atoms with E-state index < -0.39 is 0 Å². The molecule has 2 aliphatic rings. The number of nitriles is 1. The summed E-state index contributed by atoms with van der Waals surface area (Å²) in [5.74, 6) is 3.24. The van der Waals surface area contributed by atoms with Crippen LogP contribution in [0.5, 0.6) is 11.5 Å². The monoisotopic (exact) mass is 407 g/mol. The molecule has 0 N–H and O–H groups in total. The van der Waals surface area contributed by atoms with Crippen LogP contribution in [0.2, 0.25) is 0 Å². The van der Waals surface area contributed by atoms with Crippen LogP contribution in [-0.2, 0) is 0 Å². The van der Waals surface area contributed by atoms with Gasteiger partial charge in [0, 0.05) is 6.42 Å². The average Bonchev–Trinajstić information content (AvgIpc) is 3.62. The second-order valence-corrected chi connectivity index (χ2v) is 8.79. The van der Waals surface area contributed by atoms with E-state index in [9.17, 15) is 4.39 Å². The van der Waals surface area contributed by atoms with E-state index in [0.29, 0.717) is 30.8 Å². The number of halogens is 1. The van der Waals surface area contributed by atoms with Gasteiger partial charge in [0.15, 0.2) is 0 Å². The van der Waals surface area contributed by atoms with Crippen LogP contribution in [-0.4, -0.2) is 13.7 Å². The van der Waals surface area contributed by atoms with E-state index >= 15 is 0 Å². The summed E-state index contributed by atoms with van der Waals surface area (Å²) in [5, 5.41) is 9.16. The molecule has 4 rings (SSSR count). The number of rotatable bonds is 8. The third kappa shape index (κ3) is 4.95. The first kappa shape index (κ1) is 20.7. The summed E-state index contributed by atoms with van der Waals surface area (Å²) >= 11 is 0. The number of hydrogen-bond donors (Lipinski definition) is 0. The highest BCUT2D eigenvalue weighted by Gasteiger charge is 2.32. The maximum atomic E-state index is 14.3. The van der Waals surface area contributed by atoms with E-state index in [2.05, 4.69) is 18.2 Å². The molecule has 158 valence electrons. The van der Waals surface area contributed by atoms with Gasteiger partial charge in [-0.25, -0.2) is 4.39 Å². The van der Waals surface area contributed by atoms with Crippen molar-refractivity contribution >= 4 is 0 Å². The fraction of sp³-hybridized carbons (Fsp3) is 0.500. The lowest BCUT2D eigenvalue weighted by molar-refractivity contribution is 0.199. The van der Waals surface area contributed by atoms with Crippen molar-refractivity contribution in [1.82, 2.24) is 0 Å². The minimum Gasteiger partial charge on any atom is -0.497 e. The third-order valence-electron chi connectivity index (χ3n) is 6.76. The van der Waals surface area contributed by atoms with Crippen LogP contribution in [0.15, 0.2) is 42.5 Å². The van der Waals surface area contributed by atoms with Crippen LogP contribution >= 0.6 is 0 Å². The van der Waals surface area contributed by atoms with Crippen molar-refractivity contribution in [2.45, 2.75) is 56.8 Å². The minimum atomic E-state index is -0.130. The fourth-order valence-electron chi connectivity index (χ4n) is 4.80. The largest absolute Gasteiger partial charge is 0.497 e. The van der Waals surface area contributed by atoms with Crippen LogP contribution in [0.25, 0.3) is 0 Å². The molecule has 2 fully saturated rings. The molecule has 0 aliphatic heterocycles. The first-order chi connectivity index (χ1) is 14.7. The zero-order valence-corrected chi connectivity index (χ0v) is 17.6. The molecule has 0 radical (unpaired) electrons. The molecule has 2 aromatic carbocycles. The molecule has 0 unspecified atom stereocenters. The number of ether oxygens (including phenoxy) is 2. The lowest BCUT2D eigenvalue weighted by atomic mass is 9.79. The molecule has 0 spiro atoms. The maximum absolute atomic E-state index is 14.3. The first-order valence-corrected chi connectivity index (χ1v) is 11.1. The summed E-state index contributed by atoms with van der Waals surface area (Å²) in [6.45, 7) is 0.698. The second kappa shape index (κ2) is 9.51. The van der Waals surface area contributed by atoms with Gasteiger partial charge in [0.25, 0.3) is 0 Å². The molecule has 30 heavy (non-hydrogen) atoms. The molecule has 2 saturated carbocycles. The molecule has 0 saturated heterocycles. The summed E-state index contributed by atoms with van der Waals surface area (Å²) in [5.41, 5.74) is 2.01. The summed E-state index contributed by atoms with van der Waals surface area (Å²) in [6, 6.07) is 15.7. The van der Waals surface area contributed by atoms with Crippen molar-refractivity contribution in [1.29, 1.82) is 5.26 Å². The Labute approximate surface area is 178 Å². The lowest BCUT2D eigenvalue weighted by Crippen LogP contribution is -2.20. The van der Waals surface area contributed by atoms with Crippen molar-refractivity contribution < 1.29 is 13.9 Å². The van der Waals surface area contributed by atoms with E-state index in [4.69, 9.17) is 14.7 Å². The normalized spacial score (nSPS) is 22.2. The smallest absolute Gasteiger partial charge is 0.126 e. The number of benzene rings is 2. The average molecular weight is 408 g/mol. The van der Waals surface area contributed by atoms with E-state index in [1.54, 1.807) is 13.2 Å². The molecule has 3 nitrogen and oxygen atoms in total. The Morgan fingerprint density at radius 1 is 1.03 bits per heavy atom. The van der Waals surface area contributed by atoms with Gasteiger partial charge in [-0.15, -0.1) is 0 Å². The van der Waals surface area contributed by atoms with Gasteiger partial charge in [0.05, 0.1) is 19.8 Å². The van der Waals surface area contributed by atoms with E-state index in [0.717, 1.165) is 42.7 Å². The van der Waals surface area contributed by atoms with E-state index in [1.165, 1.54) is 24.5 Å². The number of hydrogen-bond acceptors (Lipinski definition) is 3. The highest BCUT2D eigenvalue weighted by molar-refractivity contribution is 5.33. The maximum Gasteiger partial charge on any atom is 0.126 e. The summed E-state index contributed by atoms with van der Waals surface area (Å²) in [7, 11) is 1.62. The SMILES string of the molecule is COc1ccc(F)c([C@H]2CC[C@@H](COc3cccc([C@@H](CC#N)C4CC4)c3)CC2)c1. The van der Waals surface area contributed by atoms with Crippen LogP contribution in [0.1, 0.15) is 67.9 Å². The molecule has 4 heteroatoms. The number of nitrogens with zero attached hydrogens (tertiary/aromatic N) is 1. The first-order valence-electron chi connectivity index (χ1n) is 11.1. The molecule has 2 aromatic rings. The Morgan fingerprint density at radius 3 is 2.53 bits per heavy atom. The summed E-state index contributed by atoms with van der Waals surface area (Å²) < 4.78 is 25.7. The van der Waals surface area contributed by atoms with Gasteiger partial charge in [-0.3, -0.25) is 0 Å². The molecular formula is C26H30FNO2. The Balaban J connectivity index is 1.31. The molecule has 1 atom stereocenters. The Bertz CT molecular complexity index is 894. The number of methoxy groups -OCH3 is 1. The highest BCUT2D eigenvalue weighted by atomic mass is 19.1. The van der Waals surface area contributed by atoms with Crippen LogP contribution in [0.3, 0.4) is 0 Å². The van der Waals surface area contributed by atoms with Gasteiger partial charge >= 0.3 is 0 Å². The Kier molecular flexibility index (Phi) is 6.57. The fourth-order valence-corrected chi connectivity index (χ4v) is 4.80.